The van der Waals surface area contributed by atoms with Crippen LogP contribution in [-0.2, 0) is 16.0 Å². The molecule has 0 spiro atoms. The highest BCUT2D eigenvalue weighted by Gasteiger charge is 2.20. The van der Waals surface area contributed by atoms with Crippen LogP contribution in [0.15, 0.2) is 24.3 Å². The molecule has 1 amide bonds. The maximum atomic E-state index is 12.4. The Morgan fingerprint density at radius 3 is 2.50 bits per heavy atom. The van der Waals surface area contributed by atoms with Gasteiger partial charge in [-0.15, -0.1) is 0 Å². The van der Waals surface area contributed by atoms with E-state index in [4.69, 9.17) is 5.11 Å². The summed E-state index contributed by atoms with van der Waals surface area (Å²) in [6.45, 7) is 7.71. The van der Waals surface area contributed by atoms with Crippen molar-refractivity contribution in [2.24, 2.45) is 5.92 Å². The fourth-order valence-electron chi connectivity index (χ4n) is 2.89. The average Bonchev–Trinajstić information content (AvgIpc) is 2.50. The Hall–Kier alpha value is -2.43. The van der Waals surface area contributed by atoms with E-state index in [1.807, 2.05) is 52.0 Å². The molecule has 1 heterocycles. The third-order valence-corrected chi connectivity index (χ3v) is 4.37. The first-order valence-electron chi connectivity index (χ1n) is 8.15. The van der Waals surface area contributed by atoms with Gasteiger partial charge in [-0.3, -0.25) is 14.6 Å². The SMILES string of the molecule is Cc1nc2ccccc2c(C)c1CC(=O)NC(CC(=O)O)C(C)C. The predicted molar refractivity (Wildman–Crippen MR) is 93.9 cm³/mol. The normalized spacial score (nSPS) is 12.4. The van der Waals surface area contributed by atoms with E-state index in [1.54, 1.807) is 0 Å². The van der Waals surface area contributed by atoms with Gasteiger partial charge in [0.25, 0.3) is 0 Å². The Kier molecular flexibility index (Phi) is 5.54. The van der Waals surface area contributed by atoms with Gasteiger partial charge in [0.15, 0.2) is 0 Å². The van der Waals surface area contributed by atoms with Crippen LogP contribution in [0.25, 0.3) is 10.9 Å². The van der Waals surface area contributed by atoms with Crippen LogP contribution < -0.4 is 5.32 Å². The minimum atomic E-state index is -0.909. The van der Waals surface area contributed by atoms with Crippen molar-refractivity contribution in [2.45, 2.75) is 46.6 Å². The van der Waals surface area contributed by atoms with Gasteiger partial charge in [-0.05, 0) is 37.0 Å². The molecule has 0 aliphatic carbocycles. The minimum Gasteiger partial charge on any atom is -0.481 e. The molecule has 0 saturated heterocycles. The Morgan fingerprint density at radius 2 is 1.88 bits per heavy atom. The Labute approximate surface area is 142 Å². The standard InChI is InChI=1S/C19H24N2O3/c1-11(2)17(10-19(23)24)21-18(22)9-15-12(3)14-7-5-6-8-16(14)20-13(15)4/h5-8,11,17H,9-10H2,1-4H3,(H,21,22)(H,23,24). The molecule has 24 heavy (non-hydrogen) atoms. The topological polar surface area (TPSA) is 79.3 Å². The van der Waals surface area contributed by atoms with Gasteiger partial charge in [-0.1, -0.05) is 32.0 Å². The minimum absolute atomic E-state index is 0.0574. The Bertz CT molecular complexity index is 769. The molecule has 1 aromatic carbocycles. The fraction of sp³-hybridized carbons (Fsp3) is 0.421. The van der Waals surface area contributed by atoms with Crippen molar-refractivity contribution in [1.82, 2.24) is 10.3 Å². The van der Waals surface area contributed by atoms with E-state index >= 15 is 0 Å². The van der Waals surface area contributed by atoms with Crippen LogP contribution in [0.4, 0.5) is 0 Å². The number of carboxylic acids is 1. The molecule has 0 aliphatic heterocycles. The second-order valence-corrected chi connectivity index (χ2v) is 6.51. The lowest BCUT2D eigenvalue weighted by Gasteiger charge is -2.21. The molecule has 0 aliphatic rings. The van der Waals surface area contributed by atoms with Crippen LogP contribution in [0.1, 0.15) is 37.1 Å². The van der Waals surface area contributed by atoms with E-state index in [2.05, 4.69) is 10.3 Å². The van der Waals surface area contributed by atoms with Crippen molar-refractivity contribution in [3.63, 3.8) is 0 Å². The number of hydrogen-bond acceptors (Lipinski definition) is 3. The van der Waals surface area contributed by atoms with Crippen molar-refractivity contribution in [2.75, 3.05) is 0 Å². The van der Waals surface area contributed by atoms with Gasteiger partial charge in [0.2, 0.25) is 5.91 Å². The first-order chi connectivity index (χ1) is 11.3. The molecular weight excluding hydrogens is 304 g/mol. The smallest absolute Gasteiger partial charge is 0.305 e. The maximum Gasteiger partial charge on any atom is 0.305 e. The van der Waals surface area contributed by atoms with Crippen LogP contribution in [-0.4, -0.2) is 28.0 Å². The highest BCUT2D eigenvalue weighted by atomic mass is 16.4. The van der Waals surface area contributed by atoms with Gasteiger partial charge in [0.1, 0.15) is 0 Å². The van der Waals surface area contributed by atoms with E-state index in [1.165, 1.54) is 0 Å². The number of nitrogens with zero attached hydrogens (tertiary/aromatic N) is 1. The van der Waals surface area contributed by atoms with E-state index < -0.39 is 5.97 Å². The molecule has 2 rings (SSSR count). The van der Waals surface area contributed by atoms with Gasteiger partial charge in [0, 0.05) is 17.1 Å². The van der Waals surface area contributed by atoms with Crippen LogP contribution in [0.3, 0.4) is 0 Å². The van der Waals surface area contributed by atoms with Crippen LogP contribution in [0.2, 0.25) is 0 Å². The van der Waals surface area contributed by atoms with Crippen LogP contribution in [0, 0.1) is 19.8 Å². The van der Waals surface area contributed by atoms with E-state index in [9.17, 15) is 9.59 Å². The summed E-state index contributed by atoms with van der Waals surface area (Å²) in [5.74, 6) is -1.02. The van der Waals surface area contributed by atoms with Crippen molar-refractivity contribution in [3.05, 3.63) is 41.1 Å². The van der Waals surface area contributed by atoms with Crippen molar-refractivity contribution in [3.8, 4) is 0 Å². The van der Waals surface area contributed by atoms with Crippen LogP contribution >= 0.6 is 0 Å². The molecule has 0 fully saturated rings. The molecule has 1 atom stereocenters. The second-order valence-electron chi connectivity index (χ2n) is 6.51. The molecule has 0 saturated carbocycles. The highest BCUT2D eigenvalue weighted by molar-refractivity contribution is 5.86. The zero-order valence-electron chi connectivity index (χ0n) is 14.6. The zero-order valence-corrected chi connectivity index (χ0v) is 14.6. The van der Waals surface area contributed by atoms with Crippen molar-refractivity contribution >= 4 is 22.8 Å². The lowest BCUT2D eigenvalue weighted by Crippen LogP contribution is -2.41. The number of benzene rings is 1. The van der Waals surface area contributed by atoms with Crippen molar-refractivity contribution < 1.29 is 14.7 Å². The average molecular weight is 328 g/mol. The quantitative estimate of drug-likeness (QED) is 0.854. The molecule has 1 unspecified atom stereocenters. The number of carbonyl (C=O) groups is 2. The van der Waals surface area contributed by atoms with Gasteiger partial charge in [-0.2, -0.15) is 0 Å². The number of aryl methyl sites for hydroxylation is 2. The van der Waals surface area contributed by atoms with Gasteiger partial charge >= 0.3 is 5.97 Å². The number of hydrogen-bond donors (Lipinski definition) is 2. The number of amides is 1. The fourth-order valence-corrected chi connectivity index (χ4v) is 2.89. The summed E-state index contributed by atoms with van der Waals surface area (Å²) in [4.78, 5) is 27.9. The number of rotatable bonds is 6. The number of carbonyl (C=O) groups excluding carboxylic acids is 1. The monoisotopic (exact) mass is 328 g/mol. The molecule has 128 valence electrons. The number of aromatic nitrogens is 1. The van der Waals surface area contributed by atoms with Gasteiger partial charge in [-0.25, -0.2) is 0 Å². The summed E-state index contributed by atoms with van der Waals surface area (Å²) in [6, 6.07) is 7.49. The van der Waals surface area contributed by atoms with E-state index in [0.717, 1.165) is 27.7 Å². The summed E-state index contributed by atoms with van der Waals surface area (Å²) in [6.07, 6.45) is 0.135. The first kappa shape index (κ1) is 17.9. The van der Waals surface area contributed by atoms with E-state index in [0.29, 0.717) is 0 Å². The predicted octanol–water partition coefficient (Wildman–Crippen LogP) is 3.01. The molecule has 2 aromatic rings. The number of pyridine rings is 1. The summed E-state index contributed by atoms with van der Waals surface area (Å²) in [5.41, 5.74) is 3.71. The lowest BCUT2D eigenvalue weighted by molar-refractivity contribution is -0.138. The van der Waals surface area contributed by atoms with E-state index in [-0.39, 0.29) is 30.7 Å². The molecule has 5 heteroatoms. The molecule has 1 aromatic heterocycles. The Morgan fingerprint density at radius 1 is 1.21 bits per heavy atom. The maximum absolute atomic E-state index is 12.4. The number of nitrogens with one attached hydrogen (secondary N) is 1. The number of fused-ring (bicyclic) bond motifs is 1. The van der Waals surface area contributed by atoms with Crippen molar-refractivity contribution in [1.29, 1.82) is 0 Å². The molecule has 0 bridgehead atoms. The summed E-state index contributed by atoms with van der Waals surface area (Å²) in [5, 5.41) is 12.9. The first-order valence-corrected chi connectivity index (χ1v) is 8.15. The highest BCUT2D eigenvalue weighted by Crippen LogP contribution is 2.23. The van der Waals surface area contributed by atoms with Crippen LogP contribution in [0.5, 0.6) is 0 Å². The Balaban J connectivity index is 2.22. The molecule has 5 nitrogen and oxygen atoms in total. The van der Waals surface area contributed by atoms with Gasteiger partial charge < -0.3 is 10.4 Å². The summed E-state index contributed by atoms with van der Waals surface area (Å²) >= 11 is 0. The molecule has 0 radical (unpaired) electrons. The number of carboxylic acid groups (broad SMARTS) is 1. The lowest BCUT2D eigenvalue weighted by atomic mass is 9.97. The second kappa shape index (κ2) is 7.43. The number of aliphatic carboxylic acids is 1. The molecule has 2 N–H and O–H groups in total. The third-order valence-electron chi connectivity index (χ3n) is 4.37. The summed E-state index contributed by atoms with van der Waals surface area (Å²) < 4.78 is 0. The third kappa shape index (κ3) is 4.10. The number of para-hydroxylation sites is 1. The molecular formula is C19H24N2O3. The largest absolute Gasteiger partial charge is 0.481 e. The summed E-state index contributed by atoms with van der Waals surface area (Å²) in [7, 11) is 0. The zero-order chi connectivity index (χ0) is 17.9. The van der Waals surface area contributed by atoms with Gasteiger partial charge in [0.05, 0.1) is 18.4 Å².